The Hall–Kier alpha value is -3.56. The fourth-order valence-corrected chi connectivity index (χ4v) is 3.75. The summed E-state index contributed by atoms with van der Waals surface area (Å²) in [6, 6.07) is 19.7. The summed E-state index contributed by atoms with van der Waals surface area (Å²) in [4.78, 5) is 24.2. The number of urea groups is 1. The van der Waals surface area contributed by atoms with E-state index in [0.717, 1.165) is 11.3 Å². The lowest BCUT2D eigenvalue weighted by molar-refractivity contribution is -0.117. The van der Waals surface area contributed by atoms with Gasteiger partial charge in [-0.05, 0) is 48.5 Å². The van der Waals surface area contributed by atoms with Crippen LogP contribution in [0, 0.1) is 0 Å². The standard InChI is InChI=1S/C22H18ClN5O3S/c23-16-10-8-15(9-11-16)20-26-27-22(28(20)17-5-2-1-3-6-17)32-14-19(29)25-21(30)24-13-18-7-4-12-31-18/h1-12H,13-14H2,(H2,24,25,29,30). The number of benzene rings is 2. The highest BCUT2D eigenvalue weighted by atomic mass is 35.5. The van der Waals surface area contributed by atoms with Crippen LogP contribution in [-0.4, -0.2) is 32.5 Å². The number of halogens is 1. The van der Waals surface area contributed by atoms with E-state index in [9.17, 15) is 9.59 Å². The zero-order valence-electron chi connectivity index (χ0n) is 16.7. The van der Waals surface area contributed by atoms with Gasteiger partial charge >= 0.3 is 6.03 Å². The molecule has 0 atom stereocenters. The molecule has 162 valence electrons. The van der Waals surface area contributed by atoms with Crippen molar-refractivity contribution in [1.29, 1.82) is 0 Å². The Balaban J connectivity index is 1.45. The molecule has 0 fully saturated rings. The van der Waals surface area contributed by atoms with Crippen molar-refractivity contribution in [3.05, 3.63) is 83.8 Å². The highest BCUT2D eigenvalue weighted by Crippen LogP contribution is 2.28. The van der Waals surface area contributed by atoms with Crippen molar-refractivity contribution in [2.24, 2.45) is 0 Å². The van der Waals surface area contributed by atoms with Gasteiger partial charge in [0.1, 0.15) is 5.76 Å². The number of furan rings is 1. The van der Waals surface area contributed by atoms with Gasteiger partial charge in [-0.1, -0.05) is 41.6 Å². The number of para-hydroxylation sites is 1. The third-order valence-corrected chi connectivity index (χ3v) is 5.52. The largest absolute Gasteiger partial charge is 0.467 e. The number of imide groups is 1. The molecule has 0 aliphatic rings. The van der Waals surface area contributed by atoms with Crippen LogP contribution in [0.25, 0.3) is 17.1 Å². The number of hydrogen-bond acceptors (Lipinski definition) is 6. The number of carbonyl (C=O) groups is 2. The van der Waals surface area contributed by atoms with Crippen molar-refractivity contribution in [3.8, 4) is 17.1 Å². The lowest BCUT2D eigenvalue weighted by Gasteiger charge is -2.10. The Morgan fingerprint density at radius 3 is 2.50 bits per heavy atom. The van der Waals surface area contributed by atoms with Gasteiger partial charge < -0.3 is 9.73 Å². The lowest BCUT2D eigenvalue weighted by Crippen LogP contribution is -2.39. The molecular weight excluding hydrogens is 450 g/mol. The fraction of sp³-hybridized carbons (Fsp3) is 0.0909. The Bertz CT molecular complexity index is 1190. The predicted molar refractivity (Wildman–Crippen MR) is 122 cm³/mol. The number of carbonyl (C=O) groups excluding carboxylic acids is 2. The second-order valence-corrected chi connectivity index (χ2v) is 7.96. The topological polar surface area (TPSA) is 102 Å². The van der Waals surface area contributed by atoms with Gasteiger partial charge in [0, 0.05) is 16.3 Å². The maximum atomic E-state index is 12.3. The summed E-state index contributed by atoms with van der Waals surface area (Å²) >= 11 is 7.19. The Kier molecular flexibility index (Phi) is 6.88. The number of hydrogen-bond donors (Lipinski definition) is 2. The van der Waals surface area contributed by atoms with E-state index in [2.05, 4.69) is 20.8 Å². The third kappa shape index (κ3) is 5.37. The van der Waals surface area contributed by atoms with E-state index in [1.165, 1.54) is 18.0 Å². The van der Waals surface area contributed by atoms with Crippen molar-refractivity contribution in [3.63, 3.8) is 0 Å². The minimum atomic E-state index is -0.599. The average molecular weight is 468 g/mol. The van der Waals surface area contributed by atoms with Crippen LogP contribution in [0.5, 0.6) is 0 Å². The first-order valence-corrected chi connectivity index (χ1v) is 11.0. The van der Waals surface area contributed by atoms with Gasteiger partial charge in [-0.2, -0.15) is 0 Å². The van der Waals surface area contributed by atoms with Crippen molar-refractivity contribution < 1.29 is 14.0 Å². The number of rotatable bonds is 7. The second kappa shape index (κ2) is 10.2. The van der Waals surface area contributed by atoms with E-state index < -0.39 is 11.9 Å². The average Bonchev–Trinajstić information content (AvgIpc) is 3.47. The molecule has 32 heavy (non-hydrogen) atoms. The van der Waals surface area contributed by atoms with Crippen LogP contribution in [0.3, 0.4) is 0 Å². The molecule has 2 N–H and O–H groups in total. The van der Waals surface area contributed by atoms with Gasteiger partial charge in [0.25, 0.3) is 0 Å². The fourth-order valence-electron chi connectivity index (χ4n) is 2.88. The van der Waals surface area contributed by atoms with E-state index in [1.807, 2.05) is 47.0 Å². The summed E-state index contributed by atoms with van der Waals surface area (Å²) in [6.07, 6.45) is 1.51. The van der Waals surface area contributed by atoms with Gasteiger partial charge in [-0.3, -0.25) is 14.7 Å². The van der Waals surface area contributed by atoms with Crippen molar-refractivity contribution in [1.82, 2.24) is 25.4 Å². The molecule has 0 saturated carbocycles. The molecular formula is C22H18ClN5O3S. The van der Waals surface area contributed by atoms with Crippen LogP contribution in [-0.2, 0) is 11.3 Å². The monoisotopic (exact) mass is 467 g/mol. The molecule has 8 nitrogen and oxygen atoms in total. The Morgan fingerprint density at radius 1 is 1.00 bits per heavy atom. The van der Waals surface area contributed by atoms with Crippen LogP contribution in [0.1, 0.15) is 5.76 Å². The molecule has 4 aromatic rings. The summed E-state index contributed by atoms with van der Waals surface area (Å²) in [7, 11) is 0. The molecule has 0 bridgehead atoms. The molecule has 10 heteroatoms. The number of nitrogens with one attached hydrogen (secondary N) is 2. The predicted octanol–water partition coefficient (Wildman–Crippen LogP) is 4.30. The molecule has 2 aromatic heterocycles. The molecule has 0 aliphatic heterocycles. The Labute approximate surface area is 193 Å². The van der Waals surface area contributed by atoms with Crippen LogP contribution < -0.4 is 10.6 Å². The number of aromatic nitrogens is 3. The summed E-state index contributed by atoms with van der Waals surface area (Å²) < 4.78 is 7.00. The molecule has 0 unspecified atom stereocenters. The van der Waals surface area contributed by atoms with Gasteiger partial charge in [0.2, 0.25) is 5.91 Å². The summed E-state index contributed by atoms with van der Waals surface area (Å²) in [5.74, 6) is 0.738. The highest BCUT2D eigenvalue weighted by Gasteiger charge is 2.18. The smallest absolute Gasteiger partial charge is 0.321 e. The first-order valence-electron chi connectivity index (χ1n) is 9.60. The van der Waals surface area contributed by atoms with Gasteiger partial charge in [-0.15, -0.1) is 10.2 Å². The van der Waals surface area contributed by atoms with Crippen LogP contribution in [0.4, 0.5) is 4.79 Å². The normalized spacial score (nSPS) is 10.7. The van der Waals surface area contributed by atoms with Crippen molar-refractivity contribution in [2.45, 2.75) is 11.7 Å². The molecule has 0 radical (unpaired) electrons. The SMILES string of the molecule is O=C(CSc1nnc(-c2ccc(Cl)cc2)n1-c1ccccc1)NC(=O)NCc1ccco1. The highest BCUT2D eigenvalue weighted by molar-refractivity contribution is 7.99. The first kappa shape index (κ1) is 21.7. The maximum Gasteiger partial charge on any atom is 0.321 e. The number of amides is 3. The molecule has 3 amide bonds. The first-order chi connectivity index (χ1) is 15.6. The molecule has 4 rings (SSSR count). The van der Waals surface area contributed by atoms with Gasteiger partial charge in [0.15, 0.2) is 11.0 Å². The van der Waals surface area contributed by atoms with Crippen LogP contribution in [0.2, 0.25) is 5.02 Å². The van der Waals surface area contributed by atoms with Crippen molar-refractivity contribution in [2.75, 3.05) is 5.75 Å². The molecule has 2 aromatic carbocycles. The van der Waals surface area contributed by atoms with Gasteiger partial charge in [0.05, 0.1) is 18.6 Å². The molecule has 0 saturated heterocycles. The summed E-state index contributed by atoms with van der Waals surface area (Å²) in [5.41, 5.74) is 1.68. The zero-order chi connectivity index (χ0) is 22.3. The van der Waals surface area contributed by atoms with E-state index in [-0.39, 0.29) is 12.3 Å². The quantitative estimate of drug-likeness (QED) is 0.393. The van der Waals surface area contributed by atoms with Crippen LogP contribution >= 0.6 is 23.4 Å². The number of nitrogens with zero attached hydrogens (tertiary/aromatic N) is 3. The van der Waals surface area contributed by atoms with E-state index in [4.69, 9.17) is 16.0 Å². The van der Waals surface area contributed by atoms with Gasteiger partial charge in [-0.25, -0.2) is 4.79 Å². The summed E-state index contributed by atoms with van der Waals surface area (Å²) in [6.45, 7) is 0.187. The third-order valence-electron chi connectivity index (χ3n) is 4.34. The zero-order valence-corrected chi connectivity index (χ0v) is 18.3. The second-order valence-electron chi connectivity index (χ2n) is 6.58. The van der Waals surface area contributed by atoms with E-state index in [1.54, 1.807) is 24.3 Å². The minimum Gasteiger partial charge on any atom is -0.467 e. The van der Waals surface area contributed by atoms with Crippen molar-refractivity contribution >= 4 is 35.3 Å². The Morgan fingerprint density at radius 2 is 1.78 bits per heavy atom. The number of thioether (sulfide) groups is 1. The molecule has 0 spiro atoms. The summed E-state index contributed by atoms with van der Waals surface area (Å²) in [5, 5.41) is 14.6. The maximum absolute atomic E-state index is 12.3. The molecule has 0 aliphatic carbocycles. The van der Waals surface area contributed by atoms with E-state index in [0.29, 0.717) is 21.8 Å². The van der Waals surface area contributed by atoms with E-state index >= 15 is 0 Å². The lowest BCUT2D eigenvalue weighted by atomic mass is 10.2. The minimum absolute atomic E-state index is 0.0141. The van der Waals surface area contributed by atoms with Crippen LogP contribution in [0.15, 0.2) is 82.6 Å². The molecule has 2 heterocycles.